The number of hydrogen-bond acceptors (Lipinski definition) is 3. The fourth-order valence-electron chi connectivity index (χ4n) is 0.145. The van der Waals surface area contributed by atoms with Crippen LogP contribution < -0.4 is 0 Å². The van der Waals surface area contributed by atoms with Crippen molar-refractivity contribution in [2.75, 3.05) is 0 Å². The van der Waals surface area contributed by atoms with E-state index in [9.17, 15) is 0 Å². The summed E-state index contributed by atoms with van der Waals surface area (Å²) in [5.74, 6) is 1.73. The van der Waals surface area contributed by atoms with Crippen LogP contribution in [0.4, 0.5) is 0 Å². The third-order valence-electron chi connectivity index (χ3n) is 0.313. The Morgan fingerprint density at radius 2 is 2.50 bits per heavy atom. The lowest BCUT2D eigenvalue weighted by Crippen LogP contribution is -1.40. The summed E-state index contributed by atoms with van der Waals surface area (Å²) >= 11 is 0. The lowest BCUT2D eigenvalue weighted by Gasteiger charge is -1.70. The van der Waals surface area contributed by atoms with E-state index in [-0.39, 0.29) is 8.43 Å². The molecule has 3 nitrogen and oxygen atoms in total. The Balaban J connectivity index is 3.00. The highest BCUT2D eigenvalue weighted by molar-refractivity contribution is 7.21. The molecule has 1 unspecified atom stereocenters. The first-order valence-corrected chi connectivity index (χ1v) is 2.38. The van der Waals surface area contributed by atoms with Crippen molar-refractivity contribution >= 4 is 8.43 Å². The molecule has 0 bridgehead atoms. The van der Waals surface area contributed by atoms with E-state index in [1.807, 2.05) is 0 Å². The summed E-state index contributed by atoms with van der Waals surface area (Å²) in [7, 11) is 0.274. The van der Waals surface area contributed by atoms with Gasteiger partial charge < -0.3 is 0 Å². The van der Waals surface area contributed by atoms with Crippen LogP contribution in [0.2, 0.25) is 0 Å². The molecule has 1 aromatic rings. The molecular formula is C2H3O3P. The van der Waals surface area contributed by atoms with Crippen molar-refractivity contribution in [2.45, 2.75) is 0 Å². The molecule has 0 aliphatic carbocycles. The van der Waals surface area contributed by atoms with Gasteiger partial charge in [0.05, 0.1) is 8.43 Å². The van der Waals surface area contributed by atoms with Crippen LogP contribution >= 0.6 is 8.43 Å². The zero-order chi connectivity index (χ0) is 4.24. The fourth-order valence-corrected chi connectivity index (χ4v) is 0.391. The Morgan fingerprint density at radius 3 is 2.67 bits per heavy atom. The van der Waals surface area contributed by atoms with E-state index in [1.54, 1.807) is 5.80 Å². The summed E-state index contributed by atoms with van der Waals surface area (Å²) in [4.78, 5) is 0. The molecule has 1 heterocycles. The third-order valence-corrected chi connectivity index (χ3v) is 0.749. The molecule has 34 valence electrons. The van der Waals surface area contributed by atoms with Crippen molar-refractivity contribution in [3.05, 3.63) is 12.1 Å². The molecule has 0 fully saturated rings. The van der Waals surface area contributed by atoms with E-state index in [0.717, 1.165) is 0 Å². The zero-order valence-corrected chi connectivity index (χ0v) is 3.88. The molecule has 1 aromatic heterocycles. The first-order chi connectivity index (χ1) is 3.00. The molecule has 0 spiro atoms. The van der Waals surface area contributed by atoms with Gasteiger partial charge in [0, 0.05) is 5.80 Å². The van der Waals surface area contributed by atoms with Crippen LogP contribution in [-0.2, 0) is 0 Å². The second-order valence-electron chi connectivity index (χ2n) is 0.668. The first-order valence-electron chi connectivity index (χ1n) is 1.40. The van der Waals surface area contributed by atoms with Crippen LogP contribution in [0.25, 0.3) is 0 Å². The molecule has 0 saturated carbocycles. The van der Waals surface area contributed by atoms with E-state index in [1.165, 1.54) is 6.26 Å². The van der Waals surface area contributed by atoms with E-state index in [2.05, 4.69) is 13.7 Å². The van der Waals surface area contributed by atoms with E-state index in [0.29, 0.717) is 0 Å². The summed E-state index contributed by atoms with van der Waals surface area (Å²) in [5.41, 5.74) is 0. The summed E-state index contributed by atoms with van der Waals surface area (Å²) in [6, 6.07) is 0. The average molecular weight is 106 g/mol. The summed E-state index contributed by atoms with van der Waals surface area (Å²) < 4.78 is 12.5. The predicted octanol–water partition coefficient (Wildman–Crippen LogP) is 1.62. The monoisotopic (exact) mass is 106 g/mol. The van der Waals surface area contributed by atoms with Gasteiger partial charge in [0.25, 0.3) is 0 Å². The smallest absolute Gasteiger partial charge is 0.153 e. The van der Waals surface area contributed by atoms with Crippen LogP contribution in [0, 0.1) is 0 Å². The fraction of sp³-hybridized carbons (Fsp3) is 0. The summed E-state index contributed by atoms with van der Waals surface area (Å²) in [5, 5.41) is 0. The second kappa shape index (κ2) is 1.78. The maximum atomic E-state index is 4.29. The quantitative estimate of drug-likeness (QED) is 0.471. The van der Waals surface area contributed by atoms with Gasteiger partial charge in [-0.05, 0) is 0 Å². The van der Waals surface area contributed by atoms with Crippen LogP contribution in [0.15, 0.2) is 25.7 Å². The van der Waals surface area contributed by atoms with E-state index < -0.39 is 0 Å². The Kier molecular flexibility index (Phi) is 1.07. The normalized spacial score (nSPS) is 9.33. The highest BCUT2D eigenvalue weighted by Crippen LogP contribution is 1.98. The molecule has 0 saturated heterocycles. The molecule has 0 amide bonds. The van der Waals surface area contributed by atoms with Crippen molar-refractivity contribution in [1.29, 1.82) is 0 Å². The number of hydrogen-bond donors (Lipinski definition) is 0. The van der Waals surface area contributed by atoms with Crippen LogP contribution in [-0.4, -0.2) is 0 Å². The zero-order valence-electron chi connectivity index (χ0n) is 2.88. The van der Waals surface area contributed by atoms with Gasteiger partial charge in [0.2, 0.25) is 0 Å². The lowest BCUT2D eigenvalue weighted by molar-refractivity contribution is -0.155. The first kappa shape index (κ1) is 3.62. The van der Waals surface area contributed by atoms with Crippen molar-refractivity contribution in [3.8, 4) is 0 Å². The molecule has 0 radical (unpaired) electrons. The average Bonchev–Trinajstić information content (AvgIpc) is 1.72. The molecule has 1 rings (SSSR count). The van der Waals surface area contributed by atoms with Crippen LogP contribution in [0.5, 0.6) is 0 Å². The molecule has 0 N–H and O–H groups in total. The SMILES string of the molecule is c1c[pH]ooo1. The number of rotatable bonds is 0. The molecule has 0 aromatic carbocycles. The third kappa shape index (κ3) is 0.692. The molecule has 0 aliphatic heterocycles. The standard InChI is InChI=1S/C2H3O3P/c1-2-6-5-4-3-1/h1-2,6H. The van der Waals surface area contributed by atoms with Gasteiger partial charge in [-0.15, -0.1) is 0 Å². The maximum Gasteiger partial charge on any atom is 0.153 e. The topological polar surface area (TPSA) is 39.4 Å². The van der Waals surface area contributed by atoms with Crippen LogP contribution in [0.3, 0.4) is 0 Å². The maximum absolute atomic E-state index is 4.29. The largest absolute Gasteiger partial charge is 0.260 e. The molecule has 1 atom stereocenters. The summed E-state index contributed by atoms with van der Waals surface area (Å²) in [6.07, 6.45) is 1.43. The van der Waals surface area contributed by atoms with Crippen molar-refractivity contribution in [1.82, 2.24) is 0 Å². The minimum atomic E-state index is 0.274. The van der Waals surface area contributed by atoms with E-state index >= 15 is 0 Å². The summed E-state index contributed by atoms with van der Waals surface area (Å²) in [6.45, 7) is 0. The van der Waals surface area contributed by atoms with E-state index in [4.69, 9.17) is 0 Å². The van der Waals surface area contributed by atoms with Crippen molar-refractivity contribution in [3.63, 3.8) is 0 Å². The molecule has 4 heteroatoms. The Hall–Kier alpha value is -0.560. The molecular weight excluding hydrogens is 103 g/mol. The molecule has 6 heavy (non-hydrogen) atoms. The van der Waals surface area contributed by atoms with Crippen LogP contribution in [0.1, 0.15) is 0 Å². The highest BCUT2D eigenvalue weighted by Gasteiger charge is 1.60. The van der Waals surface area contributed by atoms with Gasteiger partial charge in [-0.2, -0.15) is 0 Å². The van der Waals surface area contributed by atoms with Gasteiger partial charge in [-0.1, -0.05) is 4.74 Å². The highest BCUT2D eigenvalue weighted by atomic mass is 31.1. The Bertz CT molecular complexity index is 80.7. The van der Waals surface area contributed by atoms with Crippen molar-refractivity contribution in [2.24, 2.45) is 0 Å². The Labute approximate surface area is 35.3 Å². The lowest BCUT2D eigenvalue weighted by atomic mass is 11.1. The minimum absolute atomic E-state index is 0.274. The predicted molar refractivity (Wildman–Crippen MR) is 20.4 cm³/mol. The minimum Gasteiger partial charge on any atom is -0.260 e. The Morgan fingerprint density at radius 1 is 1.50 bits per heavy atom. The van der Waals surface area contributed by atoms with Gasteiger partial charge >= 0.3 is 0 Å². The van der Waals surface area contributed by atoms with Gasteiger partial charge in [-0.3, -0.25) is 4.58 Å². The molecule has 0 aliphatic rings. The second-order valence-corrected chi connectivity index (χ2v) is 1.40. The van der Waals surface area contributed by atoms with Gasteiger partial charge in [-0.25, -0.2) is 4.36 Å². The van der Waals surface area contributed by atoms with Crippen molar-refractivity contribution < 1.29 is 13.7 Å². The van der Waals surface area contributed by atoms with Gasteiger partial charge in [0.1, 0.15) is 0 Å². The van der Waals surface area contributed by atoms with Gasteiger partial charge in [0.15, 0.2) is 6.26 Å².